The minimum atomic E-state index is -0.936. The van der Waals surface area contributed by atoms with E-state index in [0.717, 1.165) is 18.9 Å². The number of nitrogens with one attached hydrogen (secondary N) is 1. The first kappa shape index (κ1) is 20.1. The first-order chi connectivity index (χ1) is 12.8. The topological polar surface area (TPSA) is 128 Å². The van der Waals surface area contributed by atoms with Crippen molar-refractivity contribution in [2.75, 3.05) is 26.7 Å². The van der Waals surface area contributed by atoms with Gasteiger partial charge in [-0.2, -0.15) is 0 Å². The third-order valence-corrected chi connectivity index (χ3v) is 4.10. The molecule has 27 heavy (non-hydrogen) atoms. The minimum absolute atomic E-state index is 0.00325. The normalized spacial score (nSPS) is 14.4. The van der Waals surface area contributed by atoms with Crippen molar-refractivity contribution in [2.45, 2.75) is 25.9 Å². The van der Waals surface area contributed by atoms with Gasteiger partial charge in [-0.25, -0.2) is 0 Å². The zero-order valence-corrected chi connectivity index (χ0v) is 15.1. The van der Waals surface area contributed by atoms with Crippen LogP contribution in [0.15, 0.2) is 18.2 Å². The summed E-state index contributed by atoms with van der Waals surface area (Å²) >= 11 is 0. The number of nitro benzene ring substituents is 1. The Kier molecular flexibility index (Phi) is 6.69. The number of ether oxygens (including phenoxy) is 2. The van der Waals surface area contributed by atoms with Gasteiger partial charge in [0, 0.05) is 24.7 Å². The minimum Gasteiger partial charge on any atom is -0.490 e. The highest BCUT2D eigenvalue weighted by atomic mass is 16.6. The molecule has 1 aliphatic rings. The van der Waals surface area contributed by atoms with Crippen molar-refractivity contribution in [2.24, 2.45) is 0 Å². The Balaban J connectivity index is 1.89. The standard InChI is InChI=1S/C17H21N3O7/c1-11(17(23)19-7-3-4-8-19)27-15(21)10-18-16(22)12-5-6-14(26-2)13(9-12)20(24)25/h5-6,9,11H,3-4,7-8,10H2,1-2H3,(H,18,22)/t11-/m0/s1. The lowest BCUT2D eigenvalue weighted by molar-refractivity contribution is -0.385. The summed E-state index contributed by atoms with van der Waals surface area (Å²) in [5.41, 5.74) is -0.367. The van der Waals surface area contributed by atoms with E-state index in [4.69, 9.17) is 9.47 Å². The number of hydrogen-bond donors (Lipinski definition) is 1. The summed E-state index contributed by atoms with van der Waals surface area (Å²) in [6.07, 6.45) is 0.919. The summed E-state index contributed by atoms with van der Waals surface area (Å²) in [7, 11) is 1.28. The molecule has 0 unspecified atom stereocenters. The number of carbonyl (C=O) groups is 3. The van der Waals surface area contributed by atoms with E-state index in [1.165, 1.54) is 26.2 Å². The third kappa shape index (κ3) is 5.16. The van der Waals surface area contributed by atoms with E-state index < -0.39 is 29.4 Å². The van der Waals surface area contributed by atoms with E-state index in [1.54, 1.807) is 4.90 Å². The van der Waals surface area contributed by atoms with Crippen LogP contribution in [0.2, 0.25) is 0 Å². The highest BCUT2D eigenvalue weighted by Crippen LogP contribution is 2.27. The zero-order chi connectivity index (χ0) is 20.0. The predicted octanol–water partition coefficient (Wildman–Crippen LogP) is 0.887. The van der Waals surface area contributed by atoms with Crippen LogP contribution in [0.1, 0.15) is 30.1 Å². The van der Waals surface area contributed by atoms with Crippen molar-refractivity contribution >= 4 is 23.5 Å². The van der Waals surface area contributed by atoms with Gasteiger partial charge in [0.05, 0.1) is 12.0 Å². The average Bonchev–Trinajstić information content (AvgIpc) is 3.19. The quantitative estimate of drug-likeness (QED) is 0.423. The SMILES string of the molecule is COc1ccc(C(=O)NCC(=O)O[C@@H](C)C(=O)N2CCCC2)cc1[N+](=O)[O-]. The second kappa shape index (κ2) is 8.97. The zero-order valence-electron chi connectivity index (χ0n) is 15.1. The molecule has 0 aromatic heterocycles. The Labute approximate surface area is 155 Å². The Morgan fingerprint density at radius 1 is 1.30 bits per heavy atom. The molecule has 146 valence electrons. The number of rotatable bonds is 7. The second-order valence-electron chi connectivity index (χ2n) is 5.99. The van der Waals surface area contributed by atoms with Crippen molar-refractivity contribution in [1.82, 2.24) is 10.2 Å². The van der Waals surface area contributed by atoms with E-state index in [2.05, 4.69) is 5.32 Å². The highest BCUT2D eigenvalue weighted by molar-refractivity contribution is 5.97. The van der Waals surface area contributed by atoms with Gasteiger partial charge in [0.1, 0.15) is 6.54 Å². The van der Waals surface area contributed by atoms with Crippen LogP contribution >= 0.6 is 0 Å². The monoisotopic (exact) mass is 379 g/mol. The number of amides is 2. The lowest BCUT2D eigenvalue weighted by Crippen LogP contribution is -2.40. The highest BCUT2D eigenvalue weighted by Gasteiger charge is 2.26. The number of likely N-dealkylation sites (tertiary alicyclic amines) is 1. The molecule has 2 amide bonds. The number of esters is 1. The number of hydrogen-bond acceptors (Lipinski definition) is 7. The largest absolute Gasteiger partial charge is 0.490 e. The molecule has 1 fully saturated rings. The fourth-order valence-corrected chi connectivity index (χ4v) is 2.71. The molecule has 0 bridgehead atoms. The molecular weight excluding hydrogens is 358 g/mol. The van der Waals surface area contributed by atoms with Crippen molar-refractivity contribution in [3.8, 4) is 5.75 Å². The van der Waals surface area contributed by atoms with Crippen LogP contribution in [0.3, 0.4) is 0 Å². The molecule has 1 aliphatic heterocycles. The van der Waals surface area contributed by atoms with Crippen LogP contribution in [0.5, 0.6) is 5.75 Å². The van der Waals surface area contributed by atoms with Gasteiger partial charge in [0.25, 0.3) is 11.8 Å². The maximum Gasteiger partial charge on any atom is 0.326 e. The van der Waals surface area contributed by atoms with Gasteiger partial charge in [-0.05, 0) is 31.9 Å². The first-order valence-electron chi connectivity index (χ1n) is 8.42. The molecule has 1 atom stereocenters. The molecule has 1 N–H and O–H groups in total. The molecule has 0 saturated carbocycles. The molecule has 2 rings (SSSR count). The van der Waals surface area contributed by atoms with Crippen molar-refractivity contribution in [3.63, 3.8) is 0 Å². The summed E-state index contributed by atoms with van der Waals surface area (Å²) in [5.74, 6) is -1.70. The van der Waals surface area contributed by atoms with E-state index in [-0.39, 0.29) is 22.9 Å². The maximum absolute atomic E-state index is 12.1. The van der Waals surface area contributed by atoms with E-state index in [9.17, 15) is 24.5 Å². The fourth-order valence-electron chi connectivity index (χ4n) is 2.71. The van der Waals surface area contributed by atoms with Crippen molar-refractivity contribution in [3.05, 3.63) is 33.9 Å². The lowest BCUT2D eigenvalue weighted by Gasteiger charge is -2.20. The maximum atomic E-state index is 12.1. The van der Waals surface area contributed by atoms with Crippen LogP contribution in [-0.4, -0.2) is 60.5 Å². The summed E-state index contributed by atoms with van der Waals surface area (Å²) in [5, 5.41) is 13.3. The van der Waals surface area contributed by atoms with Crippen molar-refractivity contribution < 1.29 is 28.8 Å². The molecule has 10 heteroatoms. The number of nitro groups is 1. The van der Waals surface area contributed by atoms with Crippen LogP contribution in [0.4, 0.5) is 5.69 Å². The van der Waals surface area contributed by atoms with Gasteiger partial charge >= 0.3 is 11.7 Å². The third-order valence-electron chi connectivity index (χ3n) is 4.10. The van der Waals surface area contributed by atoms with Crippen LogP contribution in [-0.2, 0) is 14.3 Å². The first-order valence-corrected chi connectivity index (χ1v) is 8.42. The molecule has 1 heterocycles. The second-order valence-corrected chi connectivity index (χ2v) is 5.99. The molecule has 1 aromatic carbocycles. The molecule has 1 aromatic rings. The number of nitrogens with zero attached hydrogens (tertiary/aromatic N) is 2. The van der Waals surface area contributed by atoms with Gasteiger partial charge in [-0.3, -0.25) is 24.5 Å². The van der Waals surface area contributed by atoms with Gasteiger partial charge in [0.2, 0.25) is 0 Å². The Hall–Kier alpha value is -3.17. The Morgan fingerprint density at radius 3 is 2.56 bits per heavy atom. The molecule has 0 radical (unpaired) electrons. The molecular formula is C17H21N3O7. The molecule has 10 nitrogen and oxygen atoms in total. The lowest BCUT2D eigenvalue weighted by atomic mass is 10.1. The number of benzene rings is 1. The molecule has 0 aliphatic carbocycles. The van der Waals surface area contributed by atoms with Gasteiger partial charge in [-0.1, -0.05) is 0 Å². The smallest absolute Gasteiger partial charge is 0.326 e. The Morgan fingerprint density at radius 2 is 1.96 bits per heavy atom. The van der Waals surface area contributed by atoms with Crippen LogP contribution in [0.25, 0.3) is 0 Å². The molecule has 1 saturated heterocycles. The van der Waals surface area contributed by atoms with E-state index in [1.807, 2.05) is 0 Å². The predicted molar refractivity (Wildman–Crippen MR) is 93.3 cm³/mol. The van der Waals surface area contributed by atoms with Gasteiger partial charge in [-0.15, -0.1) is 0 Å². The summed E-state index contributed by atoms with van der Waals surface area (Å²) in [6, 6.07) is 3.69. The van der Waals surface area contributed by atoms with E-state index in [0.29, 0.717) is 13.1 Å². The summed E-state index contributed by atoms with van der Waals surface area (Å²) in [4.78, 5) is 48.0. The molecule has 0 spiro atoms. The van der Waals surface area contributed by atoms with Gasteiger partial charge in [0.15, 0.2) is 11.9 Å². The Bertz CT molecular complexity index is 744. The van der Waals surface area contributed by atoms with Crippen molar-refractivity contribution in [1.29, 1.82) is 0 Å². The summed E-state index contributed by atoms with van der Waals surface area (Å²) < 4.78 is 9.90. The van der Waals surface area contributed by atoms with E-state index >= 15 is 0 Å². The van der Waals surface area contributed by atoms with Crippen LogP contribution in [0, 0.1) is 10.1 Å². The van der Waals surface area contributed by atoms with Gasteiger partial charge < -0.3 is 19.7 Å². The fraction of sp³-hybridized carbons (Fsp3) is 0.471. The average molecular weight is 379 g/mol. The van der Waals surface area contributed by atoms with Crippen LogP contribution < -0.4 is 10.1 Å². The number of methoxy groups -OCH3 is 1. The summed E-state index contributed by atoms with van der Waals surface area (Å²) in [6.45, 7) is 2.31. The number of carbonyl (C=O) groups excluding carboxylic acids is 3.